The molecule has 1 N–H and O–H groups in total. The smallest absolute Gasteiger partial charge is 0.277 e. The van der Waals surface area contributed by atoms with E-state index < -0.39 is 0 Å². The standard InChI is InChI=1S/C18H15Cl2N3O2S/c1-10-3-11(2)5-12(4-10)17-22-23-18(25-17)26-9-16(24)21-15-7-13(19)6-14(20)8-15/h3-8H,9H2,1-2H3,(H,21,24). The lowest BCUT2D eigenvalue weighted by Gasteiger charge is -2.05. The van der Waals surface area contributed by atoms with E-state index in [0.29, 0.717) is 26.8 Å². The zero-order valence-corrected chi connectivity index (χ0v) is 16.4. The van der Waals surface area contributed by atoms with Crippen molar-refractivity contribution in [1.82, 2.24) is 10.2 Å². The number of thioether (sulfide) groups is 1. The summed E-state index contributed by atoms with van der Waals surface area (Å²) < 4.78 is 5.64. The van der Waals surface area contributed by atoms with E-state index in [4.69, 9.17) is 27.6 Å². The molecule has 5 nitrogen and oxygen atoms in total. The number of carbonyl (C=O) groups is 1. The summed E-state index contributed by atoms with van der Waals surface area (Å²) in [6, 6.07) is 10.9. The summed E-state index contributed by atoms with van der Waals surface area (Å²) in [6.07, 6.45) is 0. The van der Waals surface area contributed by atoms with Crippen molar-refractivity contribution in [3.63, 3.8) is 0 Å². The number of nitrogens with one attached hydrogen (secondary N) is 1. The summed E-state index contributed by atoms with van der Waals surface area (Å²) in [5, 5.41) is 12.0. The molecule has 1 amide bonds. The highest BCUT2D eigenvalue weighted by Gasteiger charge is 2.12. The zero-order valence-electron chi connectivity index (χ0n) is 14.0. The van der Waals surface area contributed by atoms with E-state index in [-0.39, 0.29) is 11.7 Å². The molecular weight excluding hydrogens is 393 g/mol. The Hall–Kier alpha value is -2.02. The molecule has 0 unspecified atom stereocenters. The molecule has 8 heteroatoms. The molecule has 0 radical (unpaired) electrons. The van der Waals surface area contributed by atoms with Crippen LogP contribution in [0.4, 0.5) is 5.69 Å². The minimum Gasteiger partial charge on any atom is -0.411 e. The van der Waals surface area contributed by atoms with Gasteiger partial charge in [0.15, 0.2) is 0 Å². The number of nitrogens with zero attached hydrogens (tertiary/aromatic N) is 2. The maximum atomic E-state index is 12.1. The minimum absolute atomic E-state index is 0.124. The van der Waals surface area contributed by atoms with Gasteiger partial charge in [0.1, 0.15) is 0 Å². The Morgan fingerprint density at radius 3 is 2.35 bits per heavy atom. The molecular formula is C18H15Cl2N3O2S. The lowest BCUT2D eigenvalue weighted by atomic mass is 10.1. The normalized spacial score (nSPS) is 10.8. The third kappa shape index (κ3) is 5.00. The Bertz CT molecular complexity index is 919. The first-order valence-electron chi connectivity index (χ1n) is 7.70. The van der Waals surface area contributed by atoms with Gasteiger partial charge in [-0.3, -0.25) is 4.79 Å². The average Bonchev–Trinajstić information content (AvgIpc) is 3.00. The van der Waals surface area contributed by atoms with Crippen molar-refractivity contribution in [1.29, 1.82) is 0 Å². The summed E-state index contributed by atoms with van der Waals surface area (Å²) in [7, 11) is 0. The van der Waals surface area contributed by atoms with Crippen LogP contribution < -0.4 is 5.32 Å². The molecule has 26 heavy (non-hydrogen) atoms. The topological polar surface area (TPSA) is 68.0 Å². The predicted octanol–water partition coefficient (Wildman–Crippen LogP) is 5.39. The summed E-state index contributed by atoms with van der Waals surface area (Å²) in [5.41, 5.74) is 3.63. The van der Waals surface area contributed by atoms with Crippen LogP contribution in [-0.2, 0) is 4.79 Å². The third-order valence-corrected chi connectivity index (χ3v) is 4.60. The van der Waals surface area contributed by atoms with E-state index in [2.05, 4.69) is 21.6 Å². The van der Waals surface area contributed by atoms with Crippen LogP contribution in [0.3, 0.4) is 0 Å². The van der Waals surface area contributed by atoms with Crippen LogP contribution in [0, 0.1) is 13.8 Å². The van der Waals surface area contributed by atoms with Crippen LogP contribution in [0.5, 0.6) is 0 Å². The van der Waals surface area contributed by atoms with Gasteiger partial charge in [0.25, 0.3) is 5.22 Å². The van der Waals surface area contributed by atoms with Crippen LogP contribution in [0.2, 0.25) is 10.0 Å². The van der Waals surface area contributed by atoms with Crippen molar-refractivity contribution in [2.24, 2.45) is 0 Å². The highest BCUT2D eigenvalue weighted by atomic mass is 35.5. The molecule has 1 heterocycles. The Kier molecular flexibility index (Phi) is 5.86. The molecule has 0 saturated carbocycles. The van der Waals surface area contributed by atoms with Gasteiger partial charge in [0, 0.05) is 21.3 Å². The number of anilines is 1. The maximum absolute atomic E-state index is 12.1. The molecule has 0 aliphatic carbocycles. The molecule has 0 spiro atoms. The molecule has 134 valence electrons. The van der Waals surface area contributed by atoms with Crippen molar-refractivity contribution in [2.45, 2.75) is 19.1 Å². The van der Waals surface area contributed by atoms with E-state index in [1.54, 1.807) is 18.2 Å². The maximum Gasteiger partial charge on any atom is 0.277 e. The summed E-state index contributed by atoms with van der Waals surface area (Å²) in [6.45, 7) is 4.02. The Labute approximate surface area is 165 Å². The molecule has 2 aromatic carbocycles. The monoisotopic (exact) mass is 407 g/mol. The number of aryl methyl sites for hydroxylation is 2. The molecule has 0 aliphatic heterocycles. The third-order valence-electron chi connectivity index (χ3n) is 3.35. The number of benzene rings is 2. The predicted molar refractivity (Wildman–Crippen MR) is 105 cm³/mol. The van der Waals surface area contributed by atoms with Crippen LogP contribution in [0.15, 0.2) is 46.0 Å². The first-order chi connectivity index (χ1) is 12.4. The Balaban J connectivity index is 1.61. The number of hydrogen-bond donors (Lipinski definition) is 1. The average molecular weight is 408 g/mol. The fraction of sp³-hybridized carbons (Fsp3) is 0.167. The summed E-state index contributed by atoms with van der Waals surface area (Å²) >= 11 is 13.0. The second-order valence-corrected chi connectivity index (χ2v) is 7.54. The van der Waals surface area contributed by atoms with Crippen LogP contribution in [0.1, 0.15) is 11.1 Å². The zero-order chi connectivity index (χ0) is 18.7. The van der Waals surface area contributed by atoms with Gasteiger partial charge in [-0.1, -0.05) is 52.2 Å². The molecule has 3 rings (SSSR count). The van der Waals surface area contributed by atoms with Gasteiger partial charge < -0.3 is 9.73 Å². The fourth-order valence-electron chi connectivity index (χ4n) is 2.43. The number of carbonyl (C=O) groups excluding carboxylic acids is 1. The van der Waals surface area contributed by atoms with E-state index in [1.165, 1.54) is 0 Å². The highest BCUT2D eigenvalue weighted by molar-refractivity contribution is 7.99. The van der Waals surface area contributed by atoms with E-state index in [1.807, 2.05) is 26.0 Å². The molecule has 0 saturated heterocycles. The highest BCUT2D eigenvalue weighted by Crippen LogP contribution is 2.26. The molecule has 0 bridgehead atoms. The van der Waals surface area contributed by atoms with E-state index >= 15 is 0 Å². The fourth-order valence-corrected chi connectivity index (χ4v) is 3.52. The van der Waals surface area contributed by atoms with E-state index in [0.717, 1.165) is 28.5 Å². The van der Waals surface area contributed by atoms with Gasteiger partial charge in [-0.15, -0.1) is 10.2 Å². The number of halogens is 2. The quantitative estimate of drug-likeness (QED) is 0.574. The first kappa shape index (κ1) is 18.8. The van der Waals surface area contributed by atoms with Crippen molar-refractivity contribution >= 4 is 46.6 Å². The number of aromatic nitrogens is 2. The number of rotatable bonds is 5. The van der Waals surface area contributed by atoms with Crippen LogP contribution in [0.25, 0.3) is 11.5 Å². The lowest BCUT2D eigenvalue weighted by Crippen LogP contribution is -2.13. The second-order valence-electron chi connectivity index (χ2n) is 5.74. The van der Waals surface area contributed by atoms with Crippen molar-refractivity contribution in [3.05, 3.63) is 57.6 Å². The molecule has 1 aromatic heterocycles. The summed E-state index contributed by atoms with van der Waals surface area (Å²) in [4.78, 5) is 12.1. The van der Waals surface area contributed by atoms with Gasteiger partial charge in [-0.05, 0) is 44.2 Å². The number of amides is 1. The van der Waals surface area contributed by atoms with Crippen molar-refractivity contribution < 1.29 is 9.21 Å². The van der Waals surface area contributed by atoms with Crippen molar-refractivity contribution in [2.75, 3.05) is 11.1 Å². The molecule has 0 aliphatic rings. The van der Waals surface area contributed by atoms with Gasteiger partial charge in [-0.2, -0.15) is 0 Å². The summed E-state index contributed by atoms with van der Waals surface area (Å²) in [5.74, 6) is 0.333. The molecule has 0 fully saturated rings. The minimum atomic E-state index is -0.223. The first-order valence-corrected chi connectivity index (χ1v) is 9.44. The largest absolute Gasteiger partial charge is 0.411 e. The van der Waals surface area contributed by atoms with Crippen LogP contribution >= 0.6 is 35.0 Å². The molecule has 3 aromatic rings. The van der Waals surface area contributed by atoms with Gasteiger partial charge in [0.2, 0.25) is 11.8 Å². The lowest BCUT2D eigenvalue weighted by molar-refractivity contribution is -0.113. The van der Waals surface area contributed by atoms with Gasteiger partial charge in [0.05, 0.1) is 5.75 Å². The Morgan fingerprint density at radius 1 is 1.04 bits per heavy atom. The second kappa shape index (κ2) is 8.12. The molecule has 0 atom stereocenters. The van der Waals surface area contributed by atoms with Gasteiger partial charge in [-0.25, -0.2) is 0 Å². The SMILES string of the molecule is Cc1cc(C)cc(-c2nnc(SCC(=O)Nc3cc(Cl)cc(Cl)c3)o2)c1. The van der Waals surface area contributed by atoms with Crippen LogP contribution in [-0.4, -0.2) is 21.9 Å². The van der Waals surface area contributed by atoms with Gasteiger partial charge >= 0.3 is 0 Å². The van der Waals surface area contributed by atoms with E-state index in [9.17, 15) is 4.79 Å². The number of hydrogen-bond acceptors (Lipinski definition) is 5. The van der Waals surface area contributed by atoms with Crippen molar-refractivity contribution in [3.8, 4) is 11.5 Å². The Morgan fingerprint density at radius 2 is 1.69 bits per heavy atom.